The minimum Gasteiger partial charge on any atom is -0.361 e. The van der Waals surface area contributed by atoms with Crippen LogP contribution in [-0.4, -0.2) is 30.8 Å². The zero-order valence-corrected chi connectivity index (χ0v) is 15.5. The van der Waals surface area contributed by atoms with Gasteiger partial charge in [0.15, 0.2) is 0 Å². The molecule has 1 N–H and O–H groups in total. The summed E-state index contributed by atoms with van der Waals surface area (Å²) < 4.78 is 40.7. The fourth-order valence-electron chi connectivity index (χ4n) is 3.61. The van der Waals surface area contributed by atoms with Gasteiger partial charge in [0.25, 0.3) is 0 Å². The molecule has 0 radical (unpaired) electrons. The summed E-state index contributed by atoms with van der Waals surface area (Å²) >= 11 is 5.84. The lowest BCUT2D eigenvalue weighted by atomic mass is 9.90. The Morgan fingerprint density at radius 3 is 2.46 bits per heavy atom. The van der Waals surface area contributed by atoms with Gasteiger partial charge in [-0.3, -0.25) is 0 Å². The van der Waals surface area contributed by atoms with Crippen LogP contribution >= 0.6 is 11.6 Å². The predicted molar refractivity (Wildman–Crippen MR) is 100 cm³/mol. The monoisotopic (exact) mass is 392 g/mol. The zero-order valence-electron chi connectivity index (χ0n) is 14.0. The van der Waals surface area contributed by atoms with Crippen LogP contribution in [0, 0.1) is 5.82 Å². The van der Waals surface area contributed by atoms with Crippen molar-refractivity contribution in [2.24, 2.45) is 0 Å². The topological polar surface area (TPSA) is 53.2 Å². The number of hydrogen-bond donors (Lipinski definition) is 1. The van der Waals surface area contributed by atoms with Crippen LogP contribution in [0.2, 0.25) is 5.02 Å². The summed E-state index contributed by atoms with van der Waals surface area (Å²) in [5, 5.41) is 1.39. The molecular formula is C19H18ClFN2O2S. The minimum absolute atomic E-state index is 0.210. The van der Waals surface area contributed by atoms with Crippen LogP contribution in [0.25, 0.3) is 10.9 Å². The molecule has 1 aromatic heterocycles. The lowest BCUT2D eigenvalue weighted by Crippen LogP contribution is -2.37. The molecule has 1 fully saturated rings. The summed E-state index contributed by atoms with van der Waals surface area (Å²) in [6.07, 6.45) is 3.32. The molecule has 0 atom stereocenters. The van der Waals surface area contributed by atoms with Crippen LogP contribution in [0.15, 0.2) is 53.6 Å². The van der Waals surface area contributed by atoms with Gasteiger partial charge in [-0.2, -0.15) is 4.31 Å². The molecule has 0 unspecified atom stereocenters. The number of piperidine rings is 1. The van der Waals surface area contributed by atoms with Crippen LogP contribution in [-0.2, 0) is 10.0 Å². The average molecular weight is 393 g/mol. The highest BCUT2D eigenvalue weighted by Crippen LogP contribution is 2.35. The van der Waals surface area contributed by atoms with Crippen molar-refractivity contribution in [2.45, 2.75) is 23.7 Å². The number of nitrogens with one attached hydrogen (secondary N) is 1. The summed E-state index contributed by atoms with van der Waals surface area (Å²) in [5.74, 6) is -0.0525. The second-order valence-electron chi connectivity index (χ2n) is 6.57. The van der Waals surface area contributed by atoms with Crippen molar-refractivity contribution in [3.63, 3.8) is 0 Å². The minimum atomic E-state index is -3.51. The molecule has 0 spiro atoms. The Hall–Kier alpha value is -1.89. The van der Waals surface area contributed by atoms with E-state index >= 15 is 0 Å². The Labute approximate surface area is 156 Å². The quantitative estimate of drug-likeness (QED) is 0.712. The van der Waals surface area contributed by atoms with Crippen LogP contribution in [0.4, 0.5) is 4.39 Å². The Morgan fingerprint density at radius 2 is 1.77 bits per heavy atom. The van der Waals surface area contributed by atoms with Gasteiger partial charge in [0.2, 0.25) is 10.0 Å². The highest BCUT2D eigenvalue weighted by atomic mass is 35.5. The molecule has 0 bridgehead atoms. The highest BCUT2D eigenvalue weighted by Gasteiger charge is 2.30. The lowest BCUT2D eigenvalue weighted by molar-refractivity contribution is 0.320. The fraction of sp³-hybridized carbons (Fsp3) is 0.263. The third-order valence-electron chi connectivity index (χ3n) is 5.02. The maximum Gasteiger partial charge on any atom is 0.243 e. The Balaban J connectivity index is 1.53. The standard InChI is InChI=1S/C19H18ClFN2O2S/c20-14-1-4-16(5-2-14)26(24,25)23-9-7-13(8-10-23)18-12-22-19-6-3-15(21)11-17(18)19/h1-6,11-13,22H,7-10H2. The van der Waals surface area contributed by atoms with E-state index in [0.29, 0.717) is 31.0 Å². The van der Waals surface area contributed by atoms with E-state index in [-0.39, 0.29) is 16.6 Å². The fourth-order valence-corrected chi connectivity index (χ4v) is 5.21. The van der Waals surface area contributed by atoms with Gasteiger partial charge in [-0.1, -0.05) is 11.6 Å². The second kappa shape index (κ2) is 6.68. The molecule has 1 aliphatic heterocycles. The first-order valence-corrected chi connectivity index (χ1v) is 10.3. The lowest BCUT2D eigenvalue weighted by Gasteiger charge is -2.31. The van der Waals surface area contributed by atoms with E-state index in [4.69, 9.17) is 11.6 Å². The van der Waals surface area contributed by atoms with Crippen LogP contribution in [0.3, 0.4) is 0 Å². The van der Waals surface area contributed by atoms with E-state index in [1.54, 1.807) is 18.2 Å². The summed E-state index contributed by atoms with van der Waals surface area (Å²) in [7, 11) is -3.51. The molecule has 2 aromatic carbocycles. The molecule has 3 aromatic rings. The number of benzene rings is 2. The van der Waals surface area contributed by atoms with Gasteiger partial charge < -0.3 is 4.98 Å². The normalized spacial score (nSPS) is 17.0. The molecule has 136 valence electrons. The number of aromatic nitrogens is 1. The van der Waals surface area contributed by atoms with Crippen molar-refractivity contribution in [1.29, 1.82) is 0 Å². The van der Waals surface area contributed by atoms with E-state index in [2.05, 4.69) is 4.98 Å². The third kappa shape index (κ3) is 3.13. The molecule has 7 heteroatoms. The Morgan fingerprint density at radius 1 is 1.08 bits per heavy atom. The van der Waals surface area contributed by atoms with E-state index in [9.17, 15) is 12.8 Å². The average Bonchev–Trinajstić information content (AvgIpc) is 3.05. The van der Waals surface area contributed by atoms with Crippen LogP contribution < -0.4 is 0 Å². The summed E-state index contributed by atoms with van der Waals surface area (Å²) in [5.41, 5.74) is 1.96. The van der Waals surface area contributed by atoms with Crippen molar-refractivity contribution in [1.82, 2.24) is 9.29 Å². The van der Waals surface area contributed by atoms with Gasteiger partial charge in [0.1, 0.15) is 5.82 Å². The van der Waals surface area contributed by atoms with Crippen molar-refractivity contribution in [3.05, 3.63) is 65.1 Å². The number of nitrogens with zero attached hydrogens (tertiary/aromatic N) is 1. The SMILES string of the molecule is O=S(=O)(c1ccc(Cl)cc1)N1CCC(c2c[nH]c3ccc(F)cc23)CC1. The molecular weight excluding hydrogens is 375 g/mol. The first kappa shape index (κ1) is 17.5. The number of hydrogen-bond acceptors (Lipinski definition) is 2. The van der Waals surface area contributed by atoms with Gasteiger partial charge in [0.05, 0.1) is 4.90 Å². The molecule has 1 saturated heterocycles. The molecule has 26 heavy (non-hydrogen) atoms. The molecule has 0 aliphatic carbocycles. The largest absolute Gasteiger partial charge is 0.361 e. The summed E-state index contributed by atoms with van der Waals surface area (Å²) in [6, 6.07) is 10.9. The summed E-state index contributed by atoms with van der Waals surface area (Å²) in [6.45, 7) is 0.884. The van der Waals surface area contributed by atoms with Gasteiger partial charge >= 0.3 is 0 Å². The molecule has 0 saturated carbocycles. The second-order valence-corrected chi connectivity index (χ2v) is 8.94. The molecule has 4 rings (SSSR count). The van der Waals surface area contributed by atoms with E-state index in [0.717, 1.165) is 16.5 Å². The highest BCUT2D eigenvalue weighted by molar-refractivity contribution is 7.89. The third-order valence-corrected chi connectivity index (χ3v) is 7.19. The Bertz CT molecular complexity index is 1040. The van der Waals surface area contributed by atoms with Gasteiger partial charge in [-0.05, 0) is 66.8 Å². The van der Waals surface area contributed by atoms with E-state index in [1.807, 2.05) is 6.20 Å². The maximum absolute atomic E-state index is 13.6. The maximum atomic E-state index is 13.6. The van der Waals surface area contributed by atoms with E-state index in [1.165, 1.54) is 28.6 Å². The number of sulfonamides is 1. The van der Waals surface area contributed by atoms with Crippen molar-refractivity contribution in [2.75, 3.05) is 13.1 Å². The smallest absolute Gasteiger partial charge is 0.243 e. The van der Waals surface area contributed by atoms with Crippen LogP contribution in [0.5, 0.6) is 0 Å². The number of halogens is 2. The van der Waals surface area contributed by atoms with Crippen molar-refractivity contribution < 1.29 is 12.8 Å². The van der Waals surface area contributed by atoms with Gasteiger partial charge in [-0.25, -0.2) is 12.8 Å². The van der Waals surface area contributed by atoms with Crippen LogP contribution in [0.1, 0.15) is 24.3 Å². The van der Waals surface area contributed by atoms with Gasteiger partial charge in [0, 0.05) is 35.2 Å². The molecule has 0 amide bonds. The number of fused-ring (bicyclic) bond motifs is 1. The van der Waals surface area contributed by atoms with Gasteiger partial charge in [-0.15, -0.1) is 0 Å². The number of H-pyrrole nitrogens is 1. The molecule has 4 nitrogen and oxygen atoms in total. The Kier molecular flexibility index (Phi) is 4.50. The number of rotatable bonds is 3. The molecule has 2 heterocycles. The van der Waals surface area contributed by atoms with Crippen molar-refractivity contribution >= 4 is 32.5 Å². The summed E-state index contributed by atoms with van der Waals surface area (Å²) in [4.78, 5) is 3.43. The number of aromatic amines is 1. The van der Waals surface area contributed by atoms with E-state index < -0.39 is 10.0 Å². The first-order chi connectivity index (χ1) is 12.4. The first-order valence-electron chi connectivity index (χ1n) is 8.47. The predicted octanol–water partition coefficient (Wildman–Crippen LogP) is 4.53. The van der Waals surface area contributed by atoms with Crippen molar-refractivity contribution in [3.8, 4) is 0 Å². The zero-order chi connectivity index (χ0) is 18.3. The molecule has 1 aliphatic rings.